The number of anilines is 2. The second kappa shape index (κ2) is 13.2. The number of benzene rings is 2. The van der Waals surface area contributed by atoms with E-state index in [1.165, 1.54) is 0 Å². The van der Waals surface area contributed by atoms with E-state index in [0.717, 1.165) is 5.56 Å². The summed E-state index contributed by atoms with van der Waals surface area (Å²) in [6.45, 7) is 2.99. The fourth-order valence-electron chi connectivity index (χ4n) is 3.79. The highest BCUT2D eigenvalue weighted by molar-refractivity contribution is 5.95. The van der Waals surface area contributed by atoms with Crippen LogP contribution in [0.15, 0.2) is 54.6 Å². The fraction of sp³-hybridized carbons (Fsp3) is 0.385. The maximum absolute atomic E-state index is 12.7. The van der Waals surface area contributed by atoms with E-state index in [0.29, 0.717) is 50.3 Å². The minimum absolute atomic E-state index is 0.0488. The van der Waals surface area contributed by atoms with E-state index in [1.54, 1.807) is 29.2 Å². The lowest BCUT2D eigenvalue weighted by atomic mass is 10.1. The summed E-state index contributed by atoms with van der Waals surface area (Å²) in [5, 5.41) is 8.39. The van der Waals surface area contributed by atoms with Gasteiger partial charge >= 0.3 is 5.97 Å². The quantitative estimate of drug-likeness (QED) is 0.425. The van der Waals surface area contributed by atoms with E-state index in [1.807, 2.05) is 37.3 Å². The van der Waals surface area contributed by atoms with E-state index in [9.17, 15) is 19.2 Å². The van der Waals surface area contributed by atoms with E-state index in [-0.39, 0.29) is 30.7 Å². The number of hydrogen-bond donors (Lipinski definition) is 3. The van der Waals surface area contributed by atoms with Crippen molar-refractivity contribution in [3.63, 3.8) is 0 Å². The van der Waals surface area contributed by atoms with Gasteiger partial charge in [0.25, 0.3) is 0 Å². The lowest BCUT2D eigenvalue weighted by molar-refractivity contribution is -0.148. The monoisotopic (exact) mass is 480 g/mol. The van der Waals surface area contributed by atoms with Gasteiger partial charge in [0.1, 0.15) is 6.04 Å². The first-order chi connectivity index (χ1) is 16.9. The molecule has 1 aliphatic rings. The first-order valence-corrected chi connectivity index (χ1v) is 11.9. The molecule has 35 heavy (non-hydrogen) atoms. The summed E-state index contributed by atoms with van der Waals surface area (Å²) in [5.74, 6) is -1.19. The fourth-order valence-corrected chi connectivity index (χ4v) is 3.79. The number of aryl methyl sites for hydroxylation is 1. The molecule has 0 saturated carbocycles. The summed E-state index contributed by atoms with van der Waals surface area (Å²) in [4.78, 5) is 51.0. The molecule has 9 nitrogen and oxygen atoms in total. The molecule has 1 atom stereocenters. The molecule has 0 radical (unpaired) electrons. The van der Waals surface area contributed by atoms with Crippen LogP contribution >= 0.6 is 0 Å². The third-order valence-electron chi connectivity index (χ3n) is 5.53. The molecule has 1 heterocycles. The summed E-state index contributed by atoms with van der Waals surface area (Å²) in [6, 6.07) is 15.9. The molecule has 186 valence electrons. The summed E-state index contributed by atoms with van der Waals surface area (Å²) < 4.78 is 5.10. The number of ether oxygens (including phenoxy) is 1. The van der Waals surface area contributed by atoms with Gasteiger partial charge in [-0.1, -0.05) is 43.3 Å². The Labute approximate surface area is 205 Å². The van der Waals surface area contributed by atoms with Gasteiger partial charge in [0.2, 0.25) is 17.7 Å². The highest BCUT2D eigenvalue weighted by Gasteiger charge is 2.33. The molecule has 0 spiro atoms. The van der Waals surface area contributed by atoms with Crippen molar-refractivity contribution in [2.45, 2.75) is 38.6 Å². The van der Waals surface area contributed by atoms with Crippen LogP contribution in [0.2, 0.25) is 0 Å². The highest BCUT2D eigenvalue weighted by Crippen LogP contribution is 2.17. The van der Waals surface area contributed by atoms with Crippen molar-refractivity contribution in [3.8, 4) is 0 Å². The van der Waals surface area contributed by atoms with Crippen LogP contribution < -0.4 is 16.0 Å². The van der Waals surface area contributed by atoms with Crippen molar-refractivity contribution < 1.29 is 23.9 Å². The number of nitrogens with one attached hydrogen (secondary N) is 3. The zero-order chi connectivity index (χ0) is 25.0. The Balaban J connectivity index is 1.52. The number of carbonyl (C=O) groups is 4. The molecule has 0 bridgehead atoms. The van der Waals surface area contributed by atoms with Gasteiger partial charge in [-0.3, -0.25) is 24.1 Å². The van der Waals surface area contributed by atoms with Crippen molar-refractivity contribution in [1.82, 2.24) is 10.2 Å². The number of rotatable bonds is 11. The number of esters is 1. The molecule has 2 aromatic rings. The normalized spacial score (nSPS) is 15.7. The van der Waals surface area contributed by atoms with Gasteiger partial charge in [-0.2, -0.15) is 0 Å². The van der Waals surface area contributed by atoms with Crippen LogP contribution in [0, 0.1) is 0 Å². The Hall–Kier alpha value is -3.72. The van der Waals surface area contributed by atoms with Crippen molar-refractivity contribution in [2.24, 2.45) is 0 Å². The summed E-state index contributed by atoms with van der Waals surface area (Å²) in [5.41, 5.74) is 2.19. The van der Waals surface area contributed by atoms with E-state index < -0.39 is 12.0 Å². The third-order valence-corrected chi connectivity index (χ3v) is 5.53. The molecule has 0 aliphatic carbocycles. The van der Waals surface area contributed by atoms with Crippen LogP contribution in [-0.4, -0.2) is 60.9 Å². The Morgan fingerprint density at radius 2 is 1.74 bits per heavy atom. The largest absolute Gasteiger partial charge is 0.466 e. The lowest BCUT2D eigenvalue weighted by Gasteiger charge is -2.33. The topological polar surface area (TPSA) is 117 Å². The highest BCUT2D eigenvalue weighted by atomic mass is 16.5. The molecule has 1 unspecified atom stereocenters. The van der Waals surface area contributed by atoms with Crippen LogP contribution in [-0.2, 0) is 30.3 Å². The predicted octanol–water partition coefficient (Wildman–Crippen LogP) is 2.34. The molecule has 1 fully saturated rings. The molecule has 3 rings (SSSR count). The van der Waals surface area contributed by atoms with Gasteiger partial charge < -0.3 is 20.7 Å². The van der Waals surface area contributed by atoms with Gasteiger partial charge in [0.05, 0.1) is 19.6 Å². The van der Waals surface area contributed by atoms with Gasteiger partial charge in [0, 0.05) is 30.9 Å². The molecule has 3 amide bonds. The average molecular weight is 481 g/mol. The van der Waals surface area contributed by atoms with Crippen molar-refractivity contribution >= 4 is 35.1 Å². The van der Waals surface area contributed by atoms with Gasteiger partial charge in [-0.15, -0.1) is 0 Å². The average Bonchev–Trinajstić information content (AvgIpc) is 2.84. The lowest BCUT2D eigenvalue weighted by Crippen LogP contribution is -2.57. The maximum atomic E-state index is 12.7. The Morgan fingerprint density at radius 3 is 2.46 bits per heavy atom. The smallest absolute Gasteiger partial charge is 0.307 e. The zero-order valence-corrected chi connectivity index (χ0v) is 19.9. The first kappa shape index (κ1) is 25.9. The van der Waals surface area contributed by atoms with Crippen LogP contribution in [0.1, 0.15) is 31.7 Å². The van der Waals surface area contributed by atoms with E-state index in [2.05, 4.69) is 16.0 Å². The molecule has 1 saturated heterocycles. The molecule has 0 aromatic heterocycles. The molecular formula is C26H32N4O5. The maximum Gasteiger partial charge on any atom is 0.307 e. The molecule has 3 N–H and O–H groups in total. The second-order valence-electron chi connectivity index (χ2n) is 8.36. The molecule has 2 aromatic carbocycles. The summed E-state index contributed by atoms with van der Waals surface area (Å²) in [6.07, 6.45) is 1.57. The number of nitrogens with zero attached hydrogens (tertiary/aromatic N) is 1. The van der Waals surface area contributed by atoms with Crippen LogP contribution in [0.4, 0.5) is 11.4 Å². The standard InChI is InChI=1S/C26H32N4O5/c1-2-15-35-25(33)17-22-26(34)27-13-14-30(22)18-24(32)29-21-10-6-9-20(16-21)28-23(31)12-11-19-7-4-3-5-8-19/h3-10,16,22H,2,11-15,17-18H2,1H3,(H,27,34)(H,28,31)(H,29,32). The number of piperazine rings is 1. The first-order valence-electron chi connectivity index (χ1n) is 11.9. The van der Waals surface area contributed by atoms with Crippen LogP contribution in [0.5, 0.6) is 0 Å². The minimum Gasteiger partial charge on any atom is -0.466 e. The Bertz CT molecular complexity index is 1030. The Morgan fingerprint density at radius 1 is 1.03 bits per heavy atom. The minimum atomic E-state index is -0.755. The number of carbonyl (C=O) groups excluding carboxylic acids is 4. The van der Waals surface area contributed by atoms with Crippen molar-refractivity contribution in [3.05, 3.63) is 60.2 Å². The van der Waals surface area contributed by atoms with Crippen molar-refractivity contribution in [2.75, 3.05) is 36.9 Å². The van der Waals surface area contributed by atoms with Gasteiger partial charge in [0.15, 0.2) is 0 Å². The zero-order valence-electron chi connectivity index (χ0n) is 19.9. The summed E-state index contributed by atoms with van der Waals surface area (Å²) >= 11 is 0. The molecule has 1 aliphatic heterocycles. The van der Waals surface area contributed by atoms with Gasteiger partial charge in [-0.25, -0.2) is 0 Å². The number of hydrogen-bond acceptors (Lipinski definition) is 6. The van der Waals surface area contributed by atoms with Crippen LogP contribution in [0.3, 0.4) is 0 Å². The van der Waals surface area contributed by atoms with Crippen molar-refractivity contribution in [1.29, 1.82) is 0 Å². The van der Waals surface area contributed by atoms with Crippen LogP contribution in [0.25, 0.3) is 0 Å². The Kier molecular flexibility index (Phi) is 9.80. The predicted molar refractivity (Wildman–Crippen MR) is 133 cm³/mol. The number of amides is 3. The van der Waals surface area contributed by atoms with Gasteiger partial charge in [-0.05, 0) is 36.6 Å². The second-order valence-corrected chi connectivity index (χ2v) is 8.36. The molecule has 9 heteroatoms. The third kappa shape index (κ3) is 8.53. The molecular weight excluding hydrogens is 448 g/mol. The summed E-state index contributed by atoms with van der Waals surface area (Å²) in [7, 11) is 0. The van der Waals surface area contributed by atoms with E-state index in [4.69, 9.17) is 4.74 Å². The SMILES string of the molecule is CCCOC(=O)CC1C(=O)NCCN1CC(=O)Nc1cccc(NC(=O)CCc2ccccc2)c1. The van der Waals surface area contributed by atoms with E-state index >= 15 is 0 Å².